The lowest BCUT2D eigenvalue weighted by atomic mass is 10.1. The van der Waals surface area contributed by atoms with E-state index in [-0.39, 0.29) is 19.6 Å². The van der Waals surface area contributed by atoms with E-state index in [1.54, 1.807) is 0 Å². The number of aliphatic carboxylic acids is 1. The summed E-state index contributed by atoms with van der Waals surface area (Å²) in [7, 11) is -4.02. The molecule has 0 saturated carbocycles. The first kappa shape index (κ1) is 27.3. The summed E-state index contributed by atoms with van der Waals surface area (Å²) in [5.41, 5.74) is 1.28. The molecule has 0 radical (unpaired) electrons. The zero-order valence-corrected chi connectivity index (χ0v) is 21.9. The maximum Gasteiger partial charge on any atom is 0.345 e. The lowest BCUT2D eigenvalue weighted by Crippen LogP contribution is -2.23. The SMILES string of the molecule is O=C(O)C(CCCc1cccc(Oc2ccccc2)c1)P(=O)(OCc1ccccc1)OCc1ccccc1. The van der Waals surface area contributed by atoms with E-state index in [0.717, 1.165) is 22.4 Å². The minimum absolute atomic E-state index is 0.00441. The van der Waals surface area contributed by atoms with Gasteiger partial charge in [0.25, 0.3) is 0 Å². The van der Waals surface area contributed by atoms with Crippen LogP contribution in [0.3, 0.4) is 0 Å². The maximum atomic E-state index is 14.0. The average molecular weight is 531 g/mol. The Labute approximate surface area is 223 Å². The van der Waals surface area contributed by atoms with Crippen molar-refractivity contribution in [3.05, 3.63) is 132 Å². The van der Waals surface area contributed by atoms with Gasteiger partial charge in [-0.15, -0.1) is 0 Å². The summed E-state index contributed by atoms with van der Waals surface area (Å²) in [5, 5.41) is 10.1. The van der Waals surface area contributed by atoms with Gasteiger partial charge in [0.1, 0.15) is 11.5 Å². The second-order valence-electron chi connectivity index (χ2n) is 8.87. The molecule has 0 heterocycles. The average Bonchev–Trinajstić information content (AvgIpc) is 2.95. The molecular weight excluding hydrogens is 499 g/mol. The quantitative estimate of drug-likeness (QED) is 0.167. The predicted octanol–water partition coefficient (Wildman–Crippen LogP) is 7.88. The number of ether oxygens (including phenoxy) is 1. The van der Waals surface area contributed by atoms with E-state index in [0.29, 0.717) is 18.6 Å². The number of benzene rings is 4. The molecule has 0 bridgehead atoms. The van der Waals surface area contributed by atoms with Gasteiger partial charge < -0.3 is 18.9 Å². The van der Waals surface area contributed by atoms with Crippen molar-refractivity contribution < 1.29 is 28.3 Å². The van der Waals surface area contributed by atoms with E-state index in [2.05, 4.69) is 0 Å². The number of para-hydroxylation sites is 1. The van der Waals surface area contributed by atoms with Crippen LogP contribution in [0.4, 0.5) is 0 Å². The maximum absolute atomic E-state index is 14.0. The molecule has 4 rings (SSSR count). The van der Waals surface area contributed by atoms with Crippen LogP contribution in [0.2, 0.25) is 0 Å². The number of rotatable bonds is 14. The highest BCUT2D eigenvalue weighted by Gasteiger charge is 2.41. The molecule has 38 heavy (non-hydrogen) atoms. The fourth-order valence-electron chi connectivity index (χ4n) is 4.00. The summed E-state index contributed by atoms with van der Waals surface area (Å²) in [5.74, 6) is 0.241. The van der Waals surface area contributed by atoms with Crippen molar-refractivity contribution >= 4 is 13.6 Å². The number of carbonyl (C=O) groups is 1. The van der Waals surface area contributed by atoms with Gasteiger partial charge in [0.05, 0.1) is 13.2 Å². The summed E-state index contributed by atoms with van der Waals surface area (Å²) in [6.07, 6.45) is 1.21. The highest BCUT2D eigenvalue weighted by Crippen LogP contribution is 2.56. The molecule has 0 saturated heterocycles. The van der Waals surface area contributed by atoms with E-state index in [1.807, 2.05) is 115 Å². The van der Waals surface area contributed by atoms with Crippen molar-refractivity contribution in [3.8, 4) is 11.5 Å². The Morgan fingerprint density at radius 3 is 1.74 bits per heavy atom. The standard InChI is InChI=1S/C31H31O6P/c32-31(33)30(21-11-17-25-16-10-20-29(22-25)37-28-18-8-3-9-19-28)38(34,35-23-26-12-4-1-5-13-26)36-24-27-14-6-2-7-15-27/h1-10,12-16,18-20,22,30H,11,17,21,23-24H2,(H,32,33). The van der Waals surface area contributed by atoms with Gasteiger partial charge in [-0.25, -0.2) is 0 Å². The Kier molecular flexibility index (Phi) is 9.88. The molecule has 0 aliphatic heterocycles. The largest absolute Gasteiger partial charge is 0.481 e. The van der Waals surface area contributed by atoms with Gasteiger partial charge in [0, 0.05) is 0 Å². The van der Waals surface area contributed by atoms with Crippen molar-refractivity contribution in [2.45, 2.75) is 38.1 Å². The second-order valence-corrected chi connectivity index (χ2v) is 11.1. The van der Waals surface area contributed by atoms with E-state index < -0.39 is 19.2 Å². The molecule has 0 aliphatic rings. The third kappa shape index (κ3) is 8.15. The topological polar surface area (TPSA) is 82.1 Å². The molecule has 6 nitrogen and oxygen atoms in total. The van der Waals surface area contributed by atoms with Crippen molar-refractivity contribution in [1.29, 1.82) is 0 Å². The fraction of sp³-hybridized carbons (Fsp3) is 0.194. The van der Waals surface area contributed by atoms with Gasteiger partial charge in [-0.05, 0) is 60.2 Å². The molecule has 0 aromatic heterocycles. The molecule has 0 aliphatic carbocycles. The Morgan fingerprint density at radius 2 is 1.18 bits per heavy atom. The third-order valence-electron chi connectivity index (χ3n) is 6.00. The monoisotopic (exact) mass is 530 g/mol. The molecule has 0 amide bonds. The van der Waals surface area contributed by atoms with Gasteiger partial charge in [-0.1, -0.05) is 91.0 Å². The van der Waals surface area contributed by atoms with Crippen LogP contribution in [-0.4, -0.2) is 16.7 Å². The summed E-state index contributed by atoms with van der Waals surface area (Å²) in [6.45, 7) is -0.00881. The lowest BCUT2D eigenvalue weighted by Gasteiger charge is -2.24. The summed E-state index contributed by atoms with van der Waals surface area (Å²) in [4.78, 5) is 12.3. The molecule has 1 atom stereocenters. The number of aryl methyl sites for hydroxylation is 1. The van der Waals surface area contributed by atoms with Crippen molar-refractivity contribution in [1.82, 2.24) is 0 Å². The zero-order valence-electron chi connectivity index (χ0n) is 21.0. The van der Waals surface area contributed by atoms with Gasteiger partial charge in [0.2, 0.25) is 0 Å². The Bertz CT molecular complexity index is 1280. The normalized spacial score (nSPS) is 12.1. The molecule has 196 valence electrons. The van der Waals surface area contributed by atoms with E-state index in [9.17, 15) is 14.5 Å². The van der Waals surface area contributed by atoms with Crippen LogP contribution < -0.4 is 4.74 Å². The molecule has 0 spiro atoms. The Morgan fingerprint density at radius 1 is 0.684 bits per heavy atom. The highest BCUT2D eigenvalue weighted by molar-refractivity contribution is 7.55. The number of hydrogen-bond donors (Lipinski definition) is 1. The van der Waals surface area contributed by atoms with Gasteiger partial charge >= 0.3 is 13.6 Å². The van der Waals surface area contributed by atoms with Crippen molar-refractivity contribution in [2.24, 2.45) is 0 Å². The van der Waals surface area contributed by atoms with Crippen LogP contribution in [0.5, 0.6) is 11.5 Å². The molecule has 4 aromatic rings. The minimum atomic E-state index is -4.02. The molecule has 4 aromatic carbocycles. The number of carboxylic acids is 1. The third-order valence-corrected chi connectivity index (χ3v) is 8.22. The summed E-state index contributed by atoms with van der Waals surface area (Å²) >= 11 is 0. The molecule has 1 unspecified atom stereocenters. The highest BCUT2D eigenvalue weighted by atomic mass is 31.2. The first-order valence-corrected chi connectivity index (χ1v) is 14.1. The van der Waals surface area contributed by atoms with Crippen LogP contribution in [0.1, 0.15) is 29.5 Å². The van der Waals surface area contributed by atoms with Crippen LogP contribution in [0, 0.1) is 0 Å². The van der Waals surface area contributed by atoms with Crippen molar-refractivity contribution in [2.75, 3.05) is 0 Å². The summed E-state index contributed by atoms with van der Waals surface area (Å²) in [6, 6.07) is 35.6. The van der Waals surface area contributed by atoms with E-state index in [1.165, 1.54) is 0 Å². The van der Waals surface area contributed by atoms with Gasteiger partial charge in [0.15, 0.2) is 5.66 Å². The van der Waals surface area contributed by atoms with Crippen molar-refractivity contribution in [3.63, 3.8) is 0 Å². The van der Waals surface area contributed by atoms with Crippen LogP contribution in [0.25, 0.3) is 0 Å². The fourth-order valence-corrected chi connectivity index (χ4v) is 5.86. The van der Waals surface area contributed by atoms with E-state index in [4.69, 9.17) is 13.8 Å². The zero-order chi connectivity index (χ0) is 26.6. The van der Waals surface area contributed by atoms with Gasteiger partial charge in [-0.3, -0.25) is 9.36 Å². The first-order chi connectivity index (χ1) is 18.5. The first-order valence-electron chi connectivity index (χ1n) is 12.5. The predicted molar refractivity (Wildman–Crippen MR) is 147 cm³/mol. The Balaban J connectivity index is 1.43. The van der Waals surface area contributed by atoms with Crippen LogP contribution in [-0.2, 0) is 38.0 Å². The number of carboxylic acid groups (broad SMARTS) is 1. The molecule has 0 fully saturated rings. The Hall–Kier alpha value is -3.70. The van der Waals surface area contributed by atoms with E-state index >= 15 is 0 Å². The lowest BCUT2D eigenvalue weighted by molar-refractivity contribution is -0.137. The summed E-state index contributed by atoms with van der Waals surface area (Å²) < 4.78 is 31.4. The van der Waals surface area contributed by atoms with Crippen LogP contribution in [0.15, 0.2) is 115 Å². The van der Waals surface area contributed by atoms with Gasteiger partial charge in [-0.2, -0.15) is 0 Å². The minimum Gasteiger partial charge on any atom is -0.481 e. The second kappa shape index (κ2) is 13.7. The molecule has 1 N–H and O–H groups in total. The number of hydrogen-bond acceptors (Lipinski definition) is 5. The smallest absolute Gasteiger partial charge is 0.345 e. The van der Waals surface area contributed by atoms with Crippen LogP contribution >= 0.6 is 7.60 Å². The molecule has 7 heteroatoms. The molecular formula is C31H31O6P.